The van der Waals surface area contributed by atoms with E-state index in [-0.39, 0.29) is 16.3 Å². The average Bonchev–Trinajstić information content (AvgIpc) is 2.34. The summed E-state index contributed by atoms with van der Waals surface area (Å²) >= 11 is 12.0. The van der Waals surface area contributed by atoms with Crippen LogP contribution in [0.15, 0.2) is 47.4 Å². The van der Waals surface area contributed by atoms with Crippen molar-refractivity contribution < 1.29 is 8.42 Å². The summed E-state index contributed by atoms with van der Waals surface area (Å²) < 4.78 is 24.7. The fraction of sp³-hybridized carbons (Fsp3) is 0.0769. The zero-order valence-corrected chi connectivity index (χ0v) is 12.1. The highest BCUT2D eigenvalue weighted by Gasteiger charge is 2.20. The third kappa shape index (κ3) is 3.03. The molecule has 2 N–H and O–H groups in total. The molecule has 6 heteroatoms. The van der Waals surface area contributed by atoms with Gasteiger partial charge in [-0.1, -0.05) is 41.4 Å². The lowest BCUT2D eigenvalue weighted by Gasteiger charge is -2.10. The van der Waals surface area contributed by atoms with Gasteiger partial charge in [-0.3, -0.25) is 0 Å². The standard InChI is InChI=1S/C13H11Cl2NO2S/c14-10-4-3-5-11(15)9(10)8-19(17,18)13-7-2-1-6-12(13)16/h1-7H,8,16H2. The lowest BCUT2D eigenvalue weighted by molar-refractivity contribution is 0.595. The molecule has 0 aliphatic heterocycles. The maximum absolute atomic E-state index is 12.3. The first-order valence-electron chi connectivity index (χ1n) is 5.42. The maximum atomic E-state index is 12.3. The molecule has 2 rings (SSSR count). The second-order valence-corrected chi connectivity index (χ2v) is 6.77. The van der Waals surface area contributed by atoms with Crippen LogP contribution in [-0.4, -0.2) is 8.42 Å². The molecule has 0 radical (unpaired) electrons. The number of rotatable bonds is 3. The molecule has 0 spiro atoms. The van der Waals surface area contributed by atoms with Crippen molar-refractivity contribution in [2.75, 3.05) is 5.73 Å². The van der Waals surface area contributed by atoms with Crippen LogP contribution in [0.1, 0.15) is 5.56 Å². The van der Waals surface area contributed by atoms with Gasteiger partial charge in [-0.25, -0.2) is 8.42 Å². The Morgan fingerprint density at radius 3 is 2.11 bits per heavy atom. The van der Waals surface area contributed by atoms with Crippen molar-refractivity contribution in [3.63, 3.8) is 0 Å². The number of sulfone groups is 1. The van der Waals surface area contributed by atoms with Crippen LogP contribution in [0.4, 0.5) is 5.69 Å². The molecule has 0 aliphatic carbocycles. The molecule has 100 valence electrons. The van der Waals surface area contributed by atoms with Crippen LogP contribution < -0.4 is 5.73 Å². The number of para-hydroxylation sites is 1. The minimum Gasteiger partial charge on any atom is -0.398 e. The fourth-order valence-electron chi connectivity index (χ4n) is 1.70. The van der Waals surface area contributed by atoms with Gasteiger partial charge in [0.1, 0.15) is 0 Å². The molecular weight excluding hydrogens is 305 g/mol. The first-order chi connectivity index (χ1) is 8.92. The summed E-state index contributed by atoms with van der Waals surface area (Å²) in [6.07, 6.45) is 0. The topological polar surface area (TPSA) is 60.2 Å². The summed E-state index contributed by atoms with van der Waals surface area (Å²) in [5, 5.41) is 0.649. The van der Waals surface area contributed by atoms with Crippen molar-refractivity contribution in [3.8, 4) is 0 Å². The first-order valence-corrected chi connectivity index (χ1v) is 7.83. The van der Waals surface area contributed by atoms with Crippen LogP contribution in [-0.2, 0) is 15.6 Å². The number of hydrogen-bond donors (Lipinski definition) is 1. The molecule has 0 bridgehead atoms. The zero-order chi connectivity index (χ0) is 14.0. The molecule has 0 aromatic heterocycles. The van der Waals surface area contributed by atoms with E-state index < -0.39 is 9.84 Å². The van der Waals surface area contributed by atoms with Crippen LogP contribution in [0, 0.1) is 0 Å². The molecule has 0 unspecified atom stereocenters. The van der Waals surface area contributed by atoms with Gasteiger partial charge in [-0.15, -0.1) is 0 Å². The molecule has 0 heterocycles. The van der Waals surface area contributed by atoms with Crippen molar-refractivity contribution in [1.29, 1.82) is 0 Å². The summed E-state index contributed by atoms with van der Waals surface area (Å²) in [6, 6.07) is 11.2. The Labute approximate surface area is 121 Å². The van der Waals surface area contributed by atoms with E-state index in [1.54, 1.807) is 36.4 Å². The third-order valence-electron chi connectivity index (χ3n) is 2.65. The lowest BCUT2D eigenvalue weighted by Crippen LogP contribution is -2.08. The van der Waals surface area contributed by atoms with Gasteiger partial charge >= 0.3 is 0 Å². The second-order valence-electron chi connectivity index (χ2n) is 4.00. The predicted octanol–water partition coefficient (Wildman–Crippen LogP) is 3.55. The average molecular weight is 316 g/mol. The molecule has 0 amide bonds. The summed E-state index contributed by atoms with van der Waals surface area (Å²) in [7, 11) is -3.58. The summed E-state index contributed by atoms with van der Waals surface area (Å²) in [5.74, 6) is -0.278. The zero-order valence-electron chi connectivity index (χ0n) is 9.81. The van der Waals surface area contributed by atoms with Crippen molar-refractivity contribution in [1.82, 2.24) is 0 Å². The Morgan fingerprint density at radius 2 is 1.53 bits per heavy atom. The molecule has 3 nitrogen and oxygen atoms in total. The Morgan fingerprint density at radius 1 is 0.947 bits per heavy atom. The predicted molar refractivity (Wildman–Crippen MR) is 78.2 cm³/mol. The van der Waals surface area contributed by atoms with Gasteiger partial charge in [0, 0.05) is 15.6 Å². The van der Waals surface area contributed by atoms with E-state index in [2.05, 4.69) is 0 Å². The third-order valence-corrected chi connectivity index (χ3v) is 5.07. The Kier molecular flexibility index (Phi) is 4.04. The number of nitrogens with two attached hydrogens (primary N) is 1. The Bertz CT molecular complexity index is 694. The number of anilines is 1. The largest absolute Gasteiger partial charge is 0.398 e. The minimum absolute atomic E-state index is 0.0889. The van der Waals surface area contributed by atoms with E-state index >= 15 is 0 Å². The number of hydrogen-bond acceptors (Lipinski definition) is 3. The number of benzene rings is 2. The van der Waals surface area contributed by atoms with Gasteiger partial charge < -0.3 is 5.73 Å². The molecule has 0 atom stereocenters. The van der Waals surface area contributed by atoms with E-state index in [9.17, 15) is 8.42 Å². The first kappa shape index (κ1) is 14.2. The molecule has 0 fully saturated rings. The van der Waals surface area contributed by atoms with E-state index in [1.165, 1.54) is 6.07 Å². The molecule has 0 aliphatic rings. The number of halogens is 2. The smallest absolute Gasteiger partial charge is 0.184 e. The van der Waals surface area contributed by atoms with Gasteiger partial charge in [0.2, 0.25) is 0 Å². The number of nitrogen functional groups attached to an aromatic ring is 1. The Balaban J connectivity index is 2.46. The maximum Gasteiger partial charge on any atom is 0.184 e. The minimum atomic E-state index is -3.58. The van der Waals surface area contributed by atoms with E-state index in [1.807, 2.05) is 0 Å². The van der Waals surface area contributed by atoms with Crippen LogP contribution >= 0.6 is 23.2 Å². The van der Waals surface area contributed by atoms with Crippen molar-refractivity contribution in [2.45, 2.75) is 10.6 Å². The van der Waals surface area contributed by atoms with Crippen LogP contribution in [0.2, 0.25) is 10.0 Å². The van der Waals surface area contributed by atoms with Gasteiger partial charge in [0.15, 0.2) is 9.84 Å². The molecule has 0 saturated heterocycles. The normalized spacial score (nSPS) is 11.5. The summed E-state index contributed by atoms with van der Waals surface area (Å²) in [4.78, 5) is 0.0889. The summed E-state index contributed by atoms with van der Waals surface area (Å²) in [6.45, 7) is 0. The Hall–Kier alpha value is -1.23. The molecular formula is C13H11Cl2NO2S. The van der Waals surface area contributed by atoms with Gasteiger partial charge in [0.25, 0.3) is 0 Å². The van der Waals surface area contributed by atoms with Gasteiger partial charge in [0.05, 0.1) is 16.3 Å². The van der Waals surface area contributed by atoms with Gasteiger partial charge in [-0.05, 0) is 24.3 Å². The summed E-state index contributed by atoms with van der Waals surface area (Å²) in [5.41, 5.74) is 6.29. The lowest BCUT2D eigenvalue weighted by atomic mass is 10.2. The molecule has 0 saturated carbocycles. The van der Waals surface area contributed by atoms with Crippen LogP contribution in [0.3, 0.4) is 0 Å². The van der Waals surface area contributed by atoms with Crippen molar-refractivity contribution >= 4 is 38.7 Å². The SMILES string of the molecule is Nc1ccccc1S(=O)(=O)Cc1c(Cl)cccc1Cl. The van der Waals surface area contributed by atoms with Crippen molar-refractivity contribution in [3.05, 3.63) is 58.1 Å². The van der Waals surface area contributed by atoms with Crippen LogP contribution in [0.5, 0.6) is 0 Å². The second kappa shape index (κ2) is 5.41. The van der Waals surface area contributed by atoms with E-state index in [0.29, 0.717) is 15.6 Å². The molecule has 19 heavy (non-hydrogen) atoms. The highest BCUT2D eigenvalue weighted by molar-refractivity contribution is 7.90. The van der Waals surface area contributed by atoms with Crippen LogP contribution in [0.25, 0.3) is 0 Å². The van der Waals surface area contributed by atoms with E-state index in [4.69, 9.17) is 28.9 Å². The molecule has 2 aromatic carbocycles. The molecule has 2 aromatic rings. The highest BCUT2D eigenvalue weighted by Crippen LogP contribution is 2.29. The quantitative estimate of drug-likeness (QED) is 0.881. The fourth-order valence-corrected chi connectivity index (χ4v) is 3.95. The highest BCUT2D eigenvalue weighted by atomic mass is 35.5. The monoisotopic (exact) mass is 315 g/mol. The van der Waals surface area contributed by atoms with Crippen molar-refractivity contribution in [2.24, 2.45) is 0 Å². The van der Waals surface area contributed by atoms with Gasteiger partial charge in [-0.2, -0.15) is 0 Å². The van der Waals surface area contributed by atoms with E-state index in [0.717, 1.165) is 0 Å².